The number of nitrogens with zero attached hydrogens (tertiary/aromatic N) is 2. The molecule has 33 heavy (non-hydrogen) atoms. The molecule has 1 aromatic heterocycles. The molecule has 0 spiro atoms. The van der Waals surface area contributed by atoms with E-state index in [1.165, 1.54) is 6.92 Å². The van der Waals surface area contributed by atoms with Crippen LogP contribution in [0.3, 0.4) is 0 Å². The third-order valence-electron chi connectivity index (χ3n) is 5.95. The van der Waals surface area contributed by atoms with E-state index in [-0.39, 0.29) is 37.1 Å². The van der Waals surface area contributed by atoms with E-state index >= 15 is 0 Å². The Morgan fingerprint density at radius 3 is 2.48 bits per heavy atom. The van der Waals surface area contributed by atoms with Gasteiger partial charge >= 0.3 is 0 Å². The summed E-state index contributed by atoms with van der Waals surface area (Å²) in [7, 11) is 0. The van der Waals surface area contributed by atoms with Crippen LogP contribution in [0.2, 0.25) is 0 Å². The molecule has 0 unspecified atom stereocenters. The minimum absolute atomic E-state index is 0.113. The van der Waals surface area contributed by atoms with Crippen LogP contribution in [-0.2, 0) is 32.8 Å². The number of carbonyl (C=O) groups is 3. The molecule has 2 aromatic rings. The maximum absolute atomic E-state index is 12.2. The van der Waals surface area contributed by atoms with E-state index in [4.69, 9.17) is 4.52 Å². The highest BCUT2D eigenvalue weighted by Crippen LogP contribution is 2.34. The molecule has 9 nitrogen and oxygen atoms in total. The summed E-state index contributed by atoms with van der Waals surface area (Å²) in [4.78, 5) is 40.7. The highest BCUT2D eigenvalue weighted by Gasteiger charge is 2.38. The van der Waals surface area contributed by atoms with E-state index in [2.05, 4.69) is 26.1 Å². The van der Waals surface area contributed by atoms with Crippen molar-refractivity contribution in [3.63, 3.8) is 0 Å². The molecule has 1 heterocycles. The molecule has 0 radical (unpaired) electrons. The van der Waals surface area contributed by atoms with E-state index < -0.39 is 5.54 Å². The number of carbonyl (C=O) groups excluding carboxylic acids is 3. The van der Waals surface area contributed by atoms with Crippen LogP contribution in [0.1, 0.15) is 76.1 Å². The summed E-state index contributed by atoms with van der Waals surface area (Å²) < 4.78 is 5.37. The second kappa shape index (κ2) is 11.6. The van der Waals surface area contributed by atoms with Gasteiger partial charge < -0.3 is 20.5 Å². The van der Waals surface area contributed by atoms with Crippen LogP contribution in [0.25, 0.3) is 0 Å². The summed E-state index contributed by atoms with van der Waals surface area (Å²) in [5.74, 6) is 0.136. The number of hydrogen-bond acceptors (Lipinski definition) is 6. The Kier molecular flexibility index (Phi) is 8.57. The monoisotopic (exact) mass is 455 g/mol. The molecule has 9 heteroatoms. The first-order valence-corrected chi connectivity index (χ1v) is 11.7. The molecular formula is C24H33N5O4. The summed E-state index contributed by atoms with van der Waals surface area (Å²) in [6, 6.07) is 7.58. The van der Waals surface area contributed by atoms with Crippen LogP contribution in [-0.4, -0.2) is 34.4 Å². The predicted octanol–water partition coefficient (Wildman–Crippen LogP) is 3.01. The van der Waals surface area contributed by atoms with Crippen molar-refractivity contribution in [1.82, 2.24) is 20.8 Å². The molecule has 0 atom stereocenters. The summed E-state index contributed by atoms with van der Waals surface area (Å²) in [5.41, 5.74) is 1.18. The number of benzene rings is 1. The fourth-order valence-electron chi connectivity index (χ4n) is 4.26. The van der Waals surface area contributed by atoms with Gasteiger partial charge in [-0.25, -0.2) is 0 Å². The van der Waals surface area contributed by atoms with Gasteiger partial charge in [0.25, 0.3) is 0 Å². The van der Waals surface area contributed by atoms with Crippen molar-refractivity contribution < 1.29 is 18.9 Å². The zero-order valence-electron chi connectivity index (χ0n) is 19.4. The summed E-state index contributed by atoms with van der Waals surface area (Å²) >= 11 is 0. The quantitative estimate of drug-likeness (QED) is 0.499. The number of anilines is 1. The SMILES string of the molecule is CCc1ccccc1NC(=O)CNC(=O)CCc1nc(C2(NC(C)=O)CCCCCC2)no1. The standard InChI is InChI=1S/C24H33N5O4/c1-3-18-10-6-7-11-19(18)26-21(32)16-25-20(31)12-13-22-27-23(29-33-22)24(28-17(2)30)14-8-4-5-9-15-24/h6-7,10-11H,3-5,8-9,12-16H2,1-2H3,(H,25,31)(H,26,32)(H,28,30). The third-order valence-corrected chi connectivity index (χ3v) is 5.95. The lowest BCUT2D eigenvalue weighted by Gasteiger charge is -2.30. The third kappa shape index (κ3) is 6.87. The number of aromatic nitrogens is 2. The molecule has 178 valence electrons. The van der Waals surface area contributed by atoms with Gasteiger partial charge in [0.15, 0.2) is 5.82 Å². The molecule has 3 rings (SSSR count). The van der Waals surface area contributed by atoms with Gasteiger partial charge in [0.2, 0.25) is 23.6 Å². The molecule has 1 aliphatic rings. The first-order valence-electron chi connectivity index (χ1n) is 11.7. The number of nitrogens with one attached hydrogen (secondary N) is 3. The number of aryl methyl sites for hydroxylation is 2. The van der Waals surface area contributed by atoms with Crippen LogP contribution in [0.4, 0.5) is 5.69 Å². The van der Waals surface area contributed by atoms with Gasteiger partial charge in [-0.05, 0) is 30.9 Å². The lowest BCUT2D eigenvalue weighted by atomic mass is 9.89. The lowest BCUT2D eigenvalue weighted by Crippen LogP contribution is -2.45. The van der Waals surface area contributed by atoms with Crippen molar-refractivity contribution in [2.75, 3.05) is 11.9 Å². The van der Waals surface area contributed by atoms with Crippen molar-refractivity contribution in [3.05, 3.63) is 41.5 Å². The Labute approximate surface area is 194 Å². The second-order valence-electron chi connectivity index (χ2n) is 8.52. The average Bonchev–Trinajstić information content (AvgIpc) is 3.16. The van der Waals surface area contributed by atoms with Gasteiger partial charge in [0.1, 0.15) is 5.54 Å². The van der Waals surface area contributed by atoms with Crippen molar-refractivity contribution in [2.45, 2.75) is 77.2 Å². The Morgan fingerprint density at radius 2 is 1.79 bits per heavy atom. The first-order chi connectivity index (χ1) is 15.9. The molecule has 1 fully saturated rings. The fourth-order valence-corrected chi connectivity index (χ4v) is 4.26. The Balaban J connectivity index is 1.50. The largest absolute Gasteiger partial charge is 0.347 e. The Morgan fingerprint density at radius 1 is 1.06 bits per heavy atom. The van der Waals surface area contributed by atoms with Crippen molar-refractivity contribution in [2.24, 2.45) is 0 Å². The number of hydrogen-bond donors (Lipinski definition) is 3. The van der Waals surface area contributed by atoms with E-state index in [0.29, 0.717) is 11.7 Å². The highest BCUT2D eigenvalue weighted by molar-refractivity contribution is 5.95. The van der Waals surface area contributed by atoms with E-state index in [0.717, 1.165) is 56.2 Å². The maximum Gasteiger partial charge on any atom is 0.243 e. The minimum Gasteiger partial charge on any atom is -0.347 e. The van der Waals surface area contributed by atoms with Gasteiger partial charge in [0.05, 0.1) is 6.54 Å². The molecule has 0 aliphatic heterocycles. The number of rotatable bonds is 9. The van der Waals surface area contributed by atoms with E-state index in [9.17, 15) is 14.4 Å². The lowest BCUT2D eigenvalue weighted by molar-refractivity contribution is -0.124. The van der Waals surface area contributed by atoms with Crippen LogP contribution >= 0.6 is 0 Å². The summed E-state index contributed by atoms with van der Waals surface area (Å²) in [6.45, 7) is 3.40. The van der Waals surface area contributed by atoms with Crippen molar-refractivity contribution >= 4 is 23.4 Å². The molecule has 1 aromatic carbocycles. The number of para-hydroxylation sites is 1. The number of amides is 3. The van der Waals surface area contributed by atoms with E-state index in [1.807, 2.05) is 31.2 Å². The van der Waals surface area contributed by atoms with Gasteiger partial charge in [-0.15, -0.1) is 0 Å². The Bertz CT molecular complexity index is 963. The molecule has 0 saturated heterocycles. The van der Waals surface area contributed by atoms with Crippen molar-refractivity contribution in [1.29, 1.82) is 0 Å². The molecular weight excluding hydrogens is 422 g/mol. The summed E-state index contributed by atoms with van der Waals surface area (Å²) in [5, 5.41) is 12.6. The zero-order valence-corrected chi connectivity index (χ0v) is 19.4. The topological polar surface area (TPSA) is 126 Å². The van der Waals surface area contributed by atoms with Crippen LogP contribution < -0.4 is 16.0 Å². The van der Waals surface area contributed by atoms with E-state index in [1.54, 1.807) is 0 Å². The van der Waals surface area contributed by atoms with Crippen LogP contribution in [0, 0.1) is 0 Å². The summed E-state index contributed by atoms with van der Waals surface area (Å²) in [6.07, 6.45) is 6.91. The zero-order chi connectivity index (χ0) is 23.7. The normalized spacial score (nSPS) is 15.3. The first kappa shape index (κ1) is 24.4. The van der Waals surface area contributed by atoms with Gasteiger partial charge in [-0.3, -0.25) is 14.4 Å². The predicted molar refractivity (Wildman–Crippen MR) is 123 cm³/mol. The van der Waals surface area contributed by atoms with Gasteiger partial charge in [-0.2, -0.15) is 4.98 Å². The van der Waals surface area contributed by atoms with Crippen molar-refractivity contribution in [3.8, 4) is 0 Å². The smallest absolute Gasteiger partial charge is 0.243 e. The molecule has 0 bridgehead atoms. The fraction of sp³-hybridized carbons (Fsp3) is 0.542. The molecule has 1 aliphatic carbocycles. The minimum atomic E-state index is -0.612. The van der Waals surface area contributed by atoms with Gasteiger partial charge in [-0.1, -0.05) is 56.0 Å². The Hall–Kier alpha value is -3.23. The second-order valence-corrected chi connectivity index (χ2v) is 8.52. The molecule has 3 amide bonds. The maximum atomic E-state index is 12.2. The molecule has 1 saturated carbocycles. The molecule has 3 N–H and O–H groups in total. The highest BCUT2D eigenvalue weighted by atomic mass is 16.5. The van der Waals surface area contributed by atoms with Crippen LogP contribution in [0.5, 0.6) is 0 Å². The average molecular weight is 456 g/mol. The van der Waals surface area contributed by atoms with Gasteiger partial charge in [0, 0.05) is 25.5 Å². The van der Waals surface area contributed by atoms with Crippen LogP contribution in [0.15, 0.2) is 28.8 Å².